The van der Waals surface area contributed by atoms with Crippen LogP contribution in [0.2, 0.25) is 0 Å². The minimum atomic E-state index is -0.373. The van der Waals surface area contributed by atoms with Crippen molar-refractivity contribution in [1.29, 1.82) is 0 Å². The van der Waals surface area contributed by atoms with Crippen LogP contribution < -0.4 is 5.30 Å². The molecule has 1 aliphatic rings. The van der Waals surface area contributed by atoms with Gasteiger partial charge in [-0.05, 0) is 124 Å². The third-order valence-corrected chi connectivity index (χ3v) is 13.2. The predicted octanol–water partition coefficient (Wildman–Crippen LogP) is 11.2. The third-order valence-electron chi connectivity index (χ3n) is 9.30. The molecule has 0 aliphatic carbocycles. The maximum atomic E-state index is 2.59. The lowest BCUT2D eigenvalue weighted by Crippen LogP contribution is -2.36. The Morgan fingerprint density at radius 3 is 1.39 bits per heavy atom. The van der Waals surface area contributed by atoms with Gasteiger partial charge in [0, 0.05) is 0 Å². The van der Waals surface area contributed by atoms with Gasteiger partial charge in [-0.1, -0.05) is 102 Å². The Labute approximate surface area is 225 Å². The zero-order valence-corrected chi connectivity index (χ0v) is 27.1. The van der Waals surface area contributed by atoms with Gasteiger partial charge in [0.1, 0.15) is 0 Å². The van der Waals surface area contributed by atoms with Gasteiger partial charge in [-0.25, -0.2) is 0 Å². The average molecular weight is 507 g/mol. The number of benzene rings is 2. The molecular weight excluding hydrogens is 451 g/mol. The van der Waals surface area contributed by atoms with E-state index < -0.39 is 0 Å². The van der Waals surface area contributed by atoms with Crippen LogP contribution in [-0.4, -0.2) is 10.3 Å². The fourth-order valence-electron chi connectivity index (χ4n) is 6.89. The van der Waals surface area contributed by atoms with E-state index in [2.05, 4.69) is 109 Å². The van der Waals surface area contributed by atoms with Gasteiger partial charge in [-0.3, -0.25) is 0 Å². The van der Waals surface area contributed by atoms with Crippen LogP contribution in [-0.2, 0) is 0 Å². The highest BCUT2D eigenvalue weighted by atomic mass is 31.1. The first-order chi connectivity index (χ1) is 16.5. The molecule has 0 bridgehead atoms. The maximum absolute atomic E-state index is 2.59. The van der Waals surface area contributed by atoms with Crippen molar-refractivity contribution in [2.24, 2.45) is 0 Å². The molecule has 0 atom stereocenters. The van der Waals surface area contributed by atoms with E-state index in [0.29, 0.717) is 28.1 Å². The minimum absolute atomic E-state index is 0.330. The highest BCUT2D eigenvalue weighted by Crippen LogP contribution is 2.65. The highest BCUT2D eigenvalue weighted by molar-refractivity contribution is 7.69. The van der Waals surface area contributed by atoms with Gasteiger partial charge in [0.15, 0.2) is 0 Å². The number of hydrogen-bond acceptors (Lipinski definition) is 0. The van der Waals surface area contributed by atoms with E-state index in [0.717, 1.165) is 0 Å². The van der Waals surface area contributed by atoms with Crippen molar-refractivity contribution in [1.82, 2.24) is 0 Å². The molecule has 0 spiro atoms. The Kier molecular flexibility index (Phi) is 8.63. The molecule has 1 aliphatic heterocycles. The van der Waals surface area contributed by atoms with Gasteiger partial charge < -0.3 is 0 Å². The SMILES string of the molecule is Cc1c(C)c(C)c(P2C(C)(C)CCCCC2(C)C)c(-c2c(C(C)C)cc(C(C)C)cc2C(C)C)c1C. The smallest absolute Gasteiger partial charge is 0.00660 e. The summed E-state index contributed by atoms with van der Waals surface area (Å²) in [7, 11) is -0.373. The molecule has 1 saturated heterocycles. The van der Waals surface area contributed by atoms with E-state index in [1.165, 1.54) is 47.9 Å². The second-order valence-corrected chi connectivity index (χ2v) is 17.5. The summed E-state index contributed by atoms with van der Waals surface area (Å²) >= 11 is 0. The zero-order chi connectivity index (χ0) is 27.3. The van der Waals surface area contributed by atoms with E-state index in [1.54, 1.807) is 33.1 Å². The maximum Gasteiger partial charge on any atom is -0.00660 e. The van der Waals surface area contributed by atoms with E-state index in [9.17, 15) is 0 Å². The topological polar surface area (TPSA) is 0 Å². The predicted molar refractivity (Wildman–Crippen MR) is 166 cm³/mol. The first-order valence-electron chi connectivity index (χ1n) is 14.6. The molecule has 200 valence electrons. The summed E-state index contributed by atoms with van der Waals surface area (Å²) in [5, 5.41) is 2.39. The van der Waals surface area contributed by atoms with Crippen LogP contribution in [0.1, 0.15) is 152 Å². The highest BCUT2D eigenvalue weighted by Gasteiger charge is 2.45. The molecule has 0 nitrogen and oxygen atoms in total. The van der Waals surface area contributed by atoms with Gasteiger partial charge in [0.2, 0.25) is 0 Å². The Morgan fingerprint density at radius 2 is 1.00 bits per heavy atom. The lowest BCUT2D eigenvalue weighted by atomic mass is 9.79. The fraction of sp³-hybridized carbons (Fsp3) is 0.657. The standard InChI is InChI=1S/C35H55P/c1-21(2)28-19-29(22(3)4)32(30(20-28)23(5)6)31-26(9)24(7)25(8)27(10)33(31)36-34(11,12)17-15-16-18-35(36,13)14/h19-23H,15-18H2,1-14H3. The summed E-state index contributed by atoms with van der Waals surface area (Å²) in [5.41, 5.74) is 13.9. The minimum Gasteiger partial charge on any atom is -0.0627 e. The van der Waals surface area contributed by atoms with E-state index in [1.807, 2.05) is 0 Å². The van der Waals surface area contributed by atoms with Crippen LogP contribution in [0.3, 0.4) is 0 Å². The molecular formula is C35H55P. The van der Waals surface area contributed by atoms with Crippen LogP contribution in [0.4, 0.5) is 0 Å². The average Bonchev–Trinajstić information content (AvgIpc) is 2.88. The first-order valence-corrected chi connectivity index (χ1v) is 16.0. The first kappa shape index (κ1) is 29.4. The van der Waals surface area contributed by atoms with Gasteiger partial charge in [0.25, 0.3) is 0 Å². The number of rotatable bonds is 5. The van der Waals surface area contributed by atoms with Crippen molar-refractivity contribution in [2.75, 3.05) is 0 Å². The van der Waals surface area contributed by atoms with Crippen molar-refractivity contribution in [3.63, 3.8) is 0 Å². The molecule has 0 unspecified atom stereocenters. The van der Waals surface area contributed by atoms with E-state index in [4.69, 9.17) is 0 Å². The molecule has 1 fully saturated rings. The van der Waals surface area contributed by atoms with Crippen LogP contribution in [0, 0.1) is 27.7 Å². The Balaban J connectivity index is 2.60. The monoisotopic (exact) mass is 506 g/mol. The molecule has 0 amide bonds. The van der Waals surface area contributed by atoms with Gasteiger partial charge in [-0.15, -0.1) is 0 Å². The van der Waals surface area contributed by atoms with Crippen molar-refractivity contribution < 1.29 is 0 Å². The van der Waals surface area contributed by atoms with Crippen LogP contribution in [0.15, 0.2) is 12.1 Å². The lowest BCUT2D eigenvalue weighted by molar-refractivity contribution is 0.563. The van der Waals surface area contributed by atoms with Gasteiger partial charge in [0.05, 0.1) is 0 Å². The normalized spacial score (nSPS) is 18.4. The van der Waals surface area contributed by atoms with Gasteiger partial charge >= 0.3 is 0 Å². The molecule has 0 aromatic heterocycles. The Morgan fingerprint density at radius 1 is 0.583 bits per heavy atom. The van der Waals surface area contributed by atoms with Crippen molar-refractivity contribution in [2.45, 2.75) is 151 Å². The fourth-order valence-corrected chi connectivity index (χ4v) is 11.5. The summed E-state index contributed by atoms with van der Waals surface area (Å²) in [6.07, 6.45) is 5.41. The zero-order valence-electron chi connectivity index (χ0n) is 26.2. The van der Waals surface area contributed by atoms with Crippen LogP contribution in [0.5, 0.6) is 0 Å². The van der Waals surface area contributed by atoms with Crippen molar-refractivity contribution in [3.8, 4) is 11.1 Å². The largest absolute Gasteiger partial charge is 0.0627 e. The third kappa shape index (κ3) is 5.23. The van der Waals surface area contributed by atoms with E-state index in [-0.39, 0.29) is 7.92 Å². The summed E-state index contributed by atoms with van der Waals surface area (Å²) in [6.45, 7) is 34.3. The summed E-state index contributed by atoms with van der Waals surface area (Å²) in [4.78, 5) is 0. The van der Waals surface area contributed by atoms with E-state index >= 15 is 0 Å². The summed E-state index contributed by atoms with van der Waals surface area (Å²) < 4.78 is 0. The molecule has 0 radical (unpaired) electrons. The summed E-state index contributed by atoms with van der Waals surface area (Å²) in [5.74, 6) is 1.53. The second kappa shape index (κ2) is 10.6. The molecule has 3 rings (SSSR count). The van der Waals surface area contributed by atoms with Gasteiger partial charge in [-0.2, -0.15) is 0 Å². The molecule has 2 aromatic carbocycles. The number of hydrogen-bond donors (Lipinski definition) is 0. The molecule has 0 N–H and O–H groups in total. The van der Waals surface area contributed by atoms with Crippen molar-refractivity contribution >= 4 is 13.2 Å². The van der Waals surface area contributed by atoms with Crippen LogP contribution >= 0.6 is 7.92 Å². The molecule has 2 aromatic rings. The Hall–Kier alpha value is -1.13. The molecule has 0 saturated carbocycles. The molecule has 36 heavy (non-hydrogen) atoms. The van der Waals surface area contributed by atoms with Crippen LogP contribution in [0.25, 0.3) is 11.1 Å². The summed E-state index contributed by atoms with van der Waals surface area (Å²) in [6, 6.07) is 5.11. The van der Waals surface area contributed by atoms with Crippen molar-refractivity contribution in [3.05, 3.63) is 51.1 Å². The second-order valence-electron chi connectivity index (χ2n) is 13.9. The quantitative estimate of drug-likeness (QED) is 0.354. The Bertz CT molecular complexity index is 1060. The molecule has 1 heterocycles. The molecule has 1 heteroatoms. The lowest BCUT2D eigenvalue weighted by Gasteiger charge is -2.46.